The first-order valence-electron chi connectivity index (χ1n) is 10.9. The first-order chi connectivity index (χ1) is 16.4. The Morgan fingerprint density at radius 3 is 2.24 bits per heavy atom. The lowest BCUT2D eigenvalue weighted by atomic mass is 9.78. The number of likely N-dealkylation sites (N-methyl/N-ethyl adjacent to an activating group) is 2. The summed E-state index contributed by atoms with van der Waals surface area (Å²) in [5.41, 5.74) is 2.07. The lowest BCUT2D eigenvalue weighted by Crippen LogP contribution is -2.46. The van der Waals surface area contributed by atoms with Crippen molar-refractivity contribution in [1.82, 2.24) is 9.80 Å². The molecule has 7 heteroatoms. The van der Waals surface area contributed by atoms with E-state index in [0.717, 1.165) is 5.56 Å². The van der Waals surface area contributed by atoms with Gasteiger partial charge in [0, 0.05) is 31.8 Å². The van der Waals surface area contributed by atoms with Crippen LogP contribution in [0.3, 0.4) is 0 Å². The highest BCUT2D eigenvalue weighted by Gasteiger charge is 2.45. The van der Waals surface area contributed by atoms with E-state index in [4.69, 9.17) is 9.47 Å². The smallest absolute Gasteiger partial charge is 0.254 e. The van der Waals surface area contributed by atoms with Crippen LogP contribution >= 0.6 is 0 Å². The summed E-state index contributed by atoms with van der Waals surface area (Å²) in [4.78, 5) is 30.4. The van der Waals surface area contributed by atoms with Crippen LogP contribution in [0.1, 0.15) is 39.0 Å². The summed E-state index contributed by atoms with van der Waals surface area (Å²) < 4.78 is 25.8. The Morgan fingerprint density at radius 2 is 1.59 bits per heavy atom. The molecule has 0 saturated heterocycles. The number of carbonyl (C=O) groups excluding carboxylic acids is 2. The van der Waals surface area contributed by atoms with E-state index in [1.165, 1.54) is 25.2 Å². The van der Waals surface area contributed by atoms with Crippen molar-refractivity contribution in [3.8, 4) is 11.5 Å². The summed E-state index contributed by atoms with van der Waals surface area (Å²) in [5.74, 6) is -1.09. The number of benzene rings is 3. The Balaban J connectivity index is 1.87. The summed E-state index contributed by atoms with van der Waals surface area (Å²) in [6.07, 6.45) is 0. The van der Waals surface area contributed by atoms with Crippen LogP contribution in [0.5, 0.6) is 11.5 Å². The maximum atomic E-state index is 15.0. The quantitative estimate of drug-likeness (QED) is 0.545. The number of amides is 2. The zero-order chi connectivity index (χ0) is 24.4. The number of ether oxygens (including phenoxy) is 2. The van der Waals surface area contributed by atoms with E-state index in [2.05, 4.69) is 0 Å². The minimum absolute atomic E-state index is 0.232. The molecule has 0 saturated carbocycles. The van der Waals surface area contributed by atoms with Gasteiger partial charge in [0.15, 0.2) is 11.5 Å². The highest BCUT2D eigenvalue weighted by Crippen LogP contribution is 2.46. The summed E-state index contributed by atoms with van der Waals surface area (Å²) in [7, 11) is 6.29. The predicted octanol–water partition coefficient (Wildman–Crippen LogP) is 4.41. The van der Waals surface area contributed by atoms with Gasteiger partial charge in [-0.2, -0.15) is 0 Å². The van der Waals surface area contributed by atoms with Gasteiger partial charge in [0.1, 0.15) is 5.82 Å². The molecule has 1 aliphatic rings. The first-order valence-corrected chi connectivity index (χ1v) is 10.9. The summed E-state index contributed by atoms with van der Waals surface area (Å²) >= 11 is 0. The predicted molar refractivity (Wildman–Crippen MR) is 126 cm³/mol. The zero-order valence-electron chi connectivity index (χ0n) is 19.6. The largest absolute Gasteiger partial charge is 0.493 e. The first kappa shape index (κ1) is 23.3. The number of methoxy groups -OCH3 is 2. The zero-order valence-corrected chi connectivity index (χ0v) is 19.6. The molecule has 0 N–H and O–H groups in total. The maximum Gasteiger partial charge on any atom is 0.254 e. The standard InChI is InChI=1S/C27H27FN2O4/c1-29(16-17-10-6-5-7-11-17)27(32)24-19-14-22(33-3)23(34-4)15-20(19)26(31)30(2)25(24)18-12-8-9-13-21(18)28/h5-15,24-25H,16H2,1-4H3/t24-,25-/m0/s1. The third-order valence-electron chi connectivity index (χ3n) is 6.30. The van der Waals surface area contributed by atoms with E-state index in [1.807, 2.05) is 30.3 Å². The van der Waals surface area contributed by atoms with Gasteiger partial charge in [-0.25, -0.2) is 4.39 Å². The fourth-order valence-corrected chi connectivity index (χ4v) is 4.59. The molecule has 2 atom stereocenters. The molecule has 0 bridgehead atoms. The molecule has 3 aromatic carbocycles. The molecular weight excluding hydrogens is 435 g/mol. The van der Waals surface area contributed by atoms with Gasteiger partial charge >= 0.3 is 0 Å². The third-order valence-corrected chi connectivity index (χ3v) is 6.30. The van der Waals surface area contributed by atoms with Crippen molar-refractivity contribution in [2.24, 2.45) is 0 Å². The van der Waals surface area contributed by atoms with Gasteiger partial charge in [-0.15, -0.1) is 0 Å². The molecule has 4 rings (SSSR count). The highest BCUT2D eigenvalue weighted by molar-refractivity contribution is 6.02. The molecule has 0 unspecified atom stereocenters. The van der Waals surface area contributed by atoms with Crippen molar-refractivity contribution in [3.63, 3.8) is 0 Å². The van der Waals surface area contributed by atoms with E-state index < -0.39 is 17.8 Å². The monoisotopic (exact) mass is 462 g/mol. The van der Waals surface area contributed by atoms with Crippen LogP contribution in [-0.2, 0) is 11.3 Å². The fourth-order valence-electron chi connectivity index (χ4n) is 4.59. The molecule has 2 amide bonds. The number of nitrogens with zero attached hydrogens (tertiary/aromatic N) is 2. The molecule has 34 heavy (non-hydrogen) atoms. The molecule has 1 heterocycles. The Morgan fingerprint density at radius 1 is 0.971 bits per heavy atom. The van der Waals surface area contributed by atoms with E-state index in [9.17, 15) is 14.0 Å². The SMILES string of the molecule is COc1cc2c(cc1OC)[C@H](C(=O)N(C)Cc1ccccc1)[C@H](c1ccccc1F)N(C)C2=O. The molecular formula is C27H27FN2O4. The molecule has 0 fully saturated rings. The summed E-state index contributed by atoms with van der Waals surface area (Å²) in [6.45, 7) is 0.375. The van der Waals surface area contributed by atoms with Gasteiger partial charge in [0.05, 0.1) is 26.2 Å². The average Bonchev–Trinajstić information content (AvgIpc) is 2.86. The Kier molecular flexibility index (Phi) is 6.54. The number of rotatable bonds is 6. The van der Waals surface area contributed by atoms with Crippen molar-refractivity contribution in [2.45, 2.75) is 18.5 Å². The number of halogens is 1. The van der Waals surface area contributed by atoms with Crippen LogP contribution in [-0.4, -0.2) is 49.9 Å². The lowest BCUT2D eigenvalue weighted by molar-refractivity contribution is -0.133. The molecule has 1 aliphatic heterocycles. The van der Waals surface area contributed by atoms with Crippen LogP contribution in [0.15, 0.2) is 66.7 Å². The van der Waals surface area contributed by atoms with Crippen LogP contribution in [0.4, 0.5) is 4.39 Å². The Hall–Kier alpha value is -3.87. The van der Waals surface area contributed by atoms with Crippen molar-refractivity contribution in [1.29, 1.82) is 0 Å². The minimum atomic E-state index is -0.844. The summed E-state index contributed by atoms with van der Waals surface area (Å²) in [5, 5.41) is 0. The van der Waals surface area contributed by atoms with E-state index >= 15 is 0 Å². The summed E-state index contributed by atoms with van der Waals surface area (Å²) in [6, 6.07) is 18.3. The Bertz CT molecular complexity index is 1210. The van der Waals surface area contributed by atoms with Gasteiger partial charge in [-0.05, 0) is 29.3 Å². The topological polar surface area (TPSA) is 59.1 Å². The van der Waals surface area contributed by atoms with Crippen LogP contribution in [0, 0.1) is 5.82 Å². The lowest BCUT2D eigenvalue weighted by Gasteiger charge is -2.41. The molecule has 0 spiro atoms. The normalized spacial score (nSPS) is 17.2. The molecule has 0 aromatic heterocycles. The van der Waals surface area contributed by atoms with Crippen LogP contribution in [0.25, 0.3) is 0 Å². The van der Waals surface area contributed by atoms with Crippen molar-refractivity contribution < 1.29 is 23.5 Å². The van der Waals surface area contributed by atoms with Gasteiger partial charge in [0.25, 0.3) is 5.91 Å². The number of hydrogen-bond acceptors (Lipinski definition) is 4. The number of hydrogen-bond donors (Lipinski definition) is 0. The fraction of sp³-hybridized carbons (Fsp3) is 0.259. The highest BCUT2D eigenvalue weighted by atomic mass is 19.1. The molecule has 0 radical (unpaired) electrons. The second kappa shape index (κ2) is 9.55. The molecule has 176 valence electrons. The van der Waals surface area contributed by atoms with E-state index in [1.54, 1.807) is 49.3 Å². The van der Waals surface area contributed by atoms with Crippen molar-refractivity contribution in [3.05, 3.63) is 94.8 Å². The van der Waals surface area contributed by atoms with E-state index in [-0.39, 0.29) is 17.4 Å². The van der Waals surface area contributed by atoms with E-state index in [0.29, 0.717) is 29.2 Å². The molecule has 3 aromatic rings. The number of fused-ring (bicyclic) bond motifs is 1. The van der Waals surface area contributed by atoms with Gasteiger partial charge in [-0.3, -0.25) is 9.59 Å². The molecule has 0 aliphatic carbocycles. The minimum Gasteiger partial charge on any atom is -0.493 e. The van der Waals surface area contributed by atoms with Gasteiger partial charge < -0.3 is 19.3 Å². The van der Waals surface area contributed by atoms with Crippen LogP contribution < -0.4 is 9.47 Å². The maximum absolute atomic E-state index is 15.0. The van der Waals surface area contributed by atoms with Crippen LogP contribution in [0.2, 0.25) is 0 Å². The second-order valence-corrected chi connectivity index (χ2v) is 8.33. The van der Waals surface area contributed by atoms with Gasteiger partial charge in [0.2, 0.25) is 5.91 Å². The van der Waals surface area contributed by atoms with Gasteiger partial charge in [-0.1, -0.05) is 48.5 Å². The van der Waals surface area contributed by atoms with Crippen molar-refractivity contribution in [2.75, 3.05) is 28.3 Å². The second-order valence-electron chi connectivity index (χ2n) is 8.33. The Labute approximate surface area is 198 Å². The average molecular weight is 463 g/mol. The van der Waals surface area contributed by atoms with Crippen molar-refractivity contribution >= 4 is 11.8 Å². The third kappa shape index (κ3) is 4.09. The molecule has 6 nitrogen and oxygen atoms in total. The number of carbonyl (C=O) groups is 2.